The summed E-state index contributed by atoms with van der Waals surface area (Å²) in [6.07, 6.45) is 2.25. The molecule has 0 spiro atoms. The van der Waals surface area contributed by atoms with Crippen molar-refractivity contribution in [1.29, 1.82) is 0 Å². The van der Waals surface area contributed by atoms with Crippen molar-refractivity contribution in [2.45, 2.75) is 38.1 Å². The number of aromatic amines is 1. The van der Waals surface area contributed by atoms with Crippen molar-refractivity contribution in [1.82, 2.24) is 15.1 Å². The maximum Gasteiger partial charge on any atom is 0.269 e. The van der Waals surface area contributed by atoms with Crippen molar-refractivity contribution in [3.8, 4) is 0 Å². The Morgan fingerprint density at radius 2 is 2.29 bits per heavy atom. The number of hydrogen-bond acceptors (Lipinski definition) is 4. The smallest absolute Gasteiger partial charge is 0.269 e. The summed E-state index contributed by atoms with van der Waals surface area (Å²) in [6.45, 7) is 3.22. The minimum atomic E-state index is -0.548. The first-order valence-corrected chi connectivity index (χ1v) is 6.86. The van der Waals surface area contributed by atoms with E-state index in [9.17, 15) is 9.59 Å². The minimum Gasteiger partial charge on any atom is -0.364 e. The molecule has 0 aliphatic carbocycles. The topological polar surface area (TPSA) is 118 Å². The monoisotopic (exact) mass is 315 g/mol. The van der Waals surface area contributed by atoms with Crippen LogP contribution < -0.4 is 11.5 Å². The molecule has 7 nitrogen and oxygen atoms in total. The van der Waals surface area contributed by atoms with Crippen LogP contribution >= 0.6 is 12.4 Å². The van der Waals surface area contributed by atoms with Gasteiger partial charge in [-0.3, -0.25) is 14.7 Å². The van der Waals surface area contributed by atoms with Gasteiger partial charge >= 0.3 is 0 Å². The molecular weight excluding hydrogens is 294 g/mol. The van der Waals surface area contributed by atoms with E-state index in [-0.39, 0.29) is 36.0 Å². The Labute approximate surface area is 129 Å². The van der Waals surface area contributed by atoms with Gasteiger partial charge in [0.15, 0.2) is 0 Å². The number of nitrogens with zero attached hydrogens (tertiary/aromatic N) is 2. The third-order valence-electron chi connectivity index (χ3n) is 3.56. The number of H-pyrrole nitrogens is 1. The maximum absolute atomic E-state index is 12.0. The average Bonchev–Trinajstić information content (AvgIpc) is 2.88. The summed E-state index contributed by atoms with van der Waals surface area (Å²) >= 11 is 0. The third kappa shape index (κ3) is 4.44. The van der Waals surface area contributed by atoms with Gasteiger partial charge in [0.25, 0.3) is 5.91 Å². The summed E-state index contributed by atoms with van der Waals surface area (Å²) in [5, 5.41) is 6.73. The standard InChI is InChI=1S/C13H21N5O2.ClH/c1-8(14)5-12(19)18-4-2-3-9(7-18)10-6-11(13(15)20)17-16-10;/h6,8-9H,2-5,7,14H2,1H3,(H2,15,20)(H,16,17);1H. The van der Waals surface area contributed by atoms with Crippen LogP contribution in [0.5, 0.6) is 0 Å². The molecule has 21 heavy (non-hydrogen) atoms. The van der Waals surface area contributed by atoms with E-state index in [1.54, 1.807) is 6.07 Å². The summed E-state index contributed by atoms with van der Waals surface area (Å²) in [5.74, 6) is -0.297. The number of carbonyl (C=O) groups is 2. The summed E-state index contributed by atoms with van der Waals surface area (Å²) in [6, 6.07) is 1.54. The molecule has 2 heterocycles. The highest BCUT2D eigenvalue weighted by Gasteiger charge is 2.26. The Kier molecular flexibility index (Phi) is 6.17. The predicted molar refractivity (Wildman–Crippen MR) is 81.2 cm³/mol. The molecular formula is C13H22ClN5O2. The van der Waals surface area contributed by atoms with Crippen LogP contribution in [0.15, 0.2) is 6.07 Å². The van der Waals surface area contributed by atoms with E-state index in [1.807, 2.05) is 11.8 Å². The Bertz CT molecular complexity index is 503. The molecule has 2 amide bonds. The average molecular weight is 316 g/mol. The lowest BCUT2D eigenvalue weighted by molar-refractivity contribution is -0.132. The second kappa shape index (κ2) is 7.42. The second-order valence-electron chi connectivity index (χ2n) is 5.43. The zero-order valence-electron chi connectivity index (χ0n) is 12.0. The van der Waals surface area contributed by atoms with Crippen molar-refractivity contribution >= 4 is 24.2 Å². The summed E-state index contributed by atoms with van der Waals surface area (Å²) in [7, 11) is 0. The first-order valence-electron chi connectivity index (χ1n) is 6.86. The van der Waals surface area contributed by atoms with Crippen molar-refractivity contribution in [2.24, 2.45) is 11.5 Å². The molecule has 0 saturated carbocycles. The van der Waals surface area contributed by atoms with Crippen molar-refractivity contribution < 1.29 is 9.59 Å². The third-order valence-corrected chi connectivity index (χ3v) is 3.56. The molecule has 1 aliphatic rings. The van der Waals surface area contributed by atoms with Crippen LogP contribution in [0, 0.1) is 0 Å². The summed E-state index contributed by atoms with van der Waals surface area (Å²) in [5.41, 5.74) is 11.9. The molecule has 1 aliphatic heterocycles. The van der Waals surface area contributed by atoms with Gasteiger partial charge in [0.2, 0.25) is 5.91 Å². The molecule has 2 atom stereocenters. The van der Waals surface area contributed by atoms with Gasteiger partial charge in [-0.2, -0.15) is 5.10 Å². The van der Waals surface area contributed by atoms with Gasteiger partial charge in [-0.25, -0.2) is 0 Å². The van der Waals surface area contributed by atoms with Gasteiger partial charge in [-0.1, -0.05) is 0 Å². The normalized spacial score (nSPS) is 19.7. The van der Waals surface area contributed by atoms with Crippen LogP contribution in [-0.4, -0.2) is 46.0 Å². The molecule has 1 fully saturated rings. The van der Waals surface area contributed by atoms with Gasteiger partial charge in [-0.05, 0) is 25.8 Å². The molecule has 1 saturated heterocycles. The largest absolute Gasteiger partial charge is 0.364 e. The van der Waals surface area contributed by atoms with E-state index < -0.39 is 5.91 Å². The molecule has 118 valence electrons. The van der Waals surface area contributed by atoms with Crippen LogP contribution in [0.2, 0.25) is 0 Å². The number of likely N-dealkylation sites (tertiary alicyclic amines) is 1. The fourth-order valence-electron chi connectivity index (χ4n) is 2.53. The molecule has 0 bridgehead atoms. The van der Waals surface area contributed by atoms with E-state index in [0.29, 0.717) is 13.0 Å². The zero-order valence-corrected chi connectivity index (χ0v) is 12.9. The molecule has 0 radical (unpaired) electrons. The van der Waals surface area contributed by atoms with Gasteiger partial charge in [-0.15, -0.1) is 12.4 Å². The van der Waals surface area contributed by atoms with Gasteiger partial charge in [0.05, 0.1) is 0 Å². The van der Waals surface area contributed by atoms with Crippen LogP contribution in [-0.2, 0) is 4.79 Å². The highest BCUT2D eigenvalue weighted by atomic mass is 35.5. The van der Waals surface area contributed by atoms with E-state index in [4.69, 9.17) is 11.5 Å². The van der Waals surface area contributed by atoms with Gasteiger partial charge < -0.3 is 16.4 Å². The SMILES string of the molecule is CC(N)CC(=O)N1CCCC(c2cc(C(N)=O)n[nH]2)C1.Cl. The number of halogens is 1. The van der Waals surface area contributed by atoms with Gasteiger partial charge in [0.1, 0.15) is 5.69 Å². The lowest BCUT2D eigenvalue weighted by atomic mass is 9.94. The molecule has 5 N–H and O–H groups in total. The Morgan fingerprint density at radius 3 is 2.86 bits per heavy atom. The Balaban J connectivity index is 0.00000220. The van der Waals surface area contributed by atoms with E-state index in [0.717, 1.165) is 25.1 Å². The molecule has 8 heteroatoms. The molecule has 0 aromatic carbocycles. The van der Waals surface area contributed by atoms with Crippen LogP contribution in [0.4, 0.5) is 0 Å². The molecule has 2 unspecified atom stereocenters. The summed E-state index contributed by atoms with van der Waals surface area (Å²) < 4.78 is 0. The number of carbonyl (C=O) groups excluding carboxylic acids is 2. The van der Waals surface area contributed by atoms with E-state index in [2.05, 4.69) is 10.2 Å². The fraction of sp³-hybridized carbons (Fsp3) is 0.615. The number of nitrogens with two attached hydrogens (primary N) is 2. The van der Waals surface area contributed by atoms with Crippen LogP contribution in [0.25, 0.3) is 0 Å². The van der Waals surface area contributed by atoms with Crippen LogP contribution in [0.1, 0.15) is 48.3 Å². The van der Waals surface area contributed by atoms with Gasteiger partial charge in [0, 0.05) is 37.2 Å². The number of aromatic nitrogens is 2. The Morgan fingerprint density at radius 1 is 1.57 bits per heavy atom. The quantitative estimate of drug-likeness (QED) is 0.744. The fourth-order valence-corrected chi connectivity index (χ4v) is 2.53. The number of rotatable bonds is 4. The number of primary amides is 1. The van der Waals surface area contributed by atoms with Crippen molar-refractivity contribution in [2.75, 3.05) is 13.1 Å². The number of nitrogens with one attached hydrogen (secondary N) is 1. The Hall–Kier alpha value is -1.60. The first kappa shape index (κ1) is 17.5. The predicted octanol–water partition coefficient (Wildman–Crippen LogP) is 0.374. The van der Waals surface area contributed by atoms with E-state index in [1.165, 1.54) is 0 Å². The highest BCUT2D eigenvalue weighted by Crippen LogP contribution is 2.26. The zero-order chi connectivity index (χ0) is 14.7. The molecule has 1 aromatic heterocycles. The molecule has 1 aromatic rings. The number of hydrogen-bond donors (Lipinski definition) is 3. The highest BCUT2D eigenvalue weighted by molar-refractivity contribution is 5.90. The lowest BCUT2D eigenvalue weighted by Crippen LogP contribution is -2.41. The van der Waals surface area contributed by atoms with Crippen molar-refractivity contribution in [3.63, 3.8) is 0 Å². The van der Waals surface area contributed by atoms with Crippen molar-refractivity contribution in [3.05, 3.63) is 17.5 Å². The first-order chi connectivity index (χ1) is 9.47. The van der Waals surface area contributed by atoms with E-state index >= 15 is 0 Å². The molecule has 2 rings (SSSR count). The summed E-state index contributed by atoms with van der Waals surface area (Å²) in [4.78, 5) is 24.9. The number of amides is 2. The lowest BCUT2D eigenvalue weighted by Gasteiger charge is -2.32. The minimum absolute atomic E-state index is 0. The van der Waals surface area contributed by atoms with Crippen LogP contribution in [0.3, 0.4) is 0 Å². The number of piperidine rings is 1. The maximum atomic E-state index is 12.0. The second-order valence-corrected chi connectivity index (χ2v) is 5.43.